The second-order valence-corrected chi connectivity index (χ2v) is 6.18. The molecule has 128 valence electrons. The smallest absolute Gasteiger partial charge is 0.272 e. The number of rotatable bonds is 2. The van der Waals surface area contributed by atoms with Gasteiger partial charge in [0.1, 0.15) is 5.69 Å². The SMILES string of the molecule is Cc1cc2nc(C(=O)N3CCOC(C(=O)N(C)C)C3)cc(C)n2n1. The molecule has 1 aliphatic rings. The molecule has 3 rings (SSSR count). The maximum Gasteiger partial charge on any atom is 0.272 e. The van der Waals surface area contributed by atoms with E-state index < -0.39 is 6.10 Å². The first-order valence-electron chi connectivity index (χ1n) is 7.83. The van der Waals surface area contributed by atoms with Crippen LogP contribution in [-0.2, 0) is 9.53 Å². The van der Waals surface area contributed by atoms with Crippen molar-refractivity contribution in [2.45, 2.75) is 20.0 Å². The molecule has 0 spiro atoms. The van der Waals surface area contributed by atoms with E-state index in [-0.39, 0.29) is 18.4 Å². The third-order valence-corrected chi connectivity index (χ3v) is 4.02. The summed E-state index contributed by atoms with van der Waals surface area (Å²) in [7, 11) is 3.35. The predicted octanol–water partition coefficient (Wildman–Crippen LogP) is 0.275. The minimum absolute atomic E-state index is 0.140. The molecule has 0 bridgehead atoms. The zero-order chi connectivity index (χ0) is 17.4. The summed E-state index contributed by atoms with van der Waals surface area (Å²) < 4.78 is 7.21. The Kier molecular flexibility index (Phi) is 4.23. The highest BCUT2D eigenvalue weighted by Crippen LogP contribution is 2.14. The van der Waals surface area contributed by atoms with E-state index in [1.54, 1.807) is 29.6 Å². The second kappa shape index (κ2) is 6.20. The van der Waals surface area contributed by atoms with Crippen molar-refractivity contribution in [3.63, 3.8) is 0 Å². The molecule has 2 amide bonds. The van der Waals surface area contributed by atoms with Gasteiger partial charge >= 0.3 is 0 Å². The predicted molar refractivity (Wildman–Crippen MR) is 86.8 cm³/mol. The molecule has 8 nitrogen and oxygen atoms in total. The number of hydrogen-bond donors (Lipinski definition) is 0. The highest BCUT2D eigenvalue weighted by atomic mass is 16.5. The molecule has 0 aliphatic carbocycles. The Labute approximate surface area is 140 Å². The number of nitrogens with zero attached hydrogens (tertiary/aromatic N) is 5. The second-order valence-electron chi connectivity index (χ2n) is 6.18. The summed E-state index contributed by atoms with van der Waals surface area (Å²) in [6.07, 6.45) is -0.625. The fraction of sp³-hybridized carbons (Fsp3) is 0.500. The number of aryl methyl sites for hydroxylation is 2. The fourth-order valence-corrected chi connectivity index (χ4v) is 2.78. The van der Waals surface area contributed by atoms with Crippen LogP contribution in [0.1, 0.15) is 21.9 Å². The molecular weight excluding hydrogens is 310 g/mol. The summed E-state index contributed by atoms with van der Waals surface area (Å²) in [6.45, 7) is 4.79. The molecule has 1 aliphatic heterocycles. The molecular formula is C16H21N5O3. The van der Waals surface area contributed by atoms with Gasteiger partial charge in [0, 0.05) is 32.4 Å². The van der Waals surface area contributed by atoms with Crippen LogP contribution in [0.2, 0.25) is 0 Å². The fourth-order valence-electron chi connectivity index (χ4n) is 2.78. The maximum atomic E-state index is 12.8. The van der Waals surface area contributed by atoms with Crippen molar-refractivity contribution in [3.8, 4) is 0 Å². The van der Waals surface area contributed by atoms with Gasteiger partial charge in [-0.1, -0.05) is 0 Å². The average Bonchev–Trinajstić information content (AvgIpc) is 2.94. The van der Waals surface area contributed by atoms with Crippen molar-refractivity contribution in [2.24, 2.45) is 0 Å². The standard InChI is InChI=1S/C16H21N5O3/c1-10-7-14-17-12(8-11(2)21(14)18-10)15(22)20-5-6-24-13(9-20)16(23)19(3)4/h7-8,13H,5-6,9H2,1-4H3. The summed E-state index contributed by atoms with van der Waals surface area (Å²) in [5.74, 6) is -0.335. The molecule has 1 unspecified atom stereocenters. The van der Waals surface area contributed by atoms with Gasteiger partial charge in [-0.2, -0.15) is 5.10 Å². The van der Waals surface area contributed by atoms with Crippen molar-refractivity contribution < 1.29 is 14.3 Å². The third-order valence-electron chi connectivity index (χ3n) is 4.02. The lowest BCUT2D eigenvalue weighted by molar-refractivity contribution is -0.145. The van der Waals surface area contributed by atoms with Gasteiger partial charge in [0.2, 0.25) is 0 Å². The van der Waals surface area contributed by atoms with Gasteiger partial charge in [-0.05, 0) is 19.9 Å². The van der Waals surface area contributed by atoms with E-state index in [4.69, 9.17) is 4.74 Å². The van der Waals surface area contributed by atoms with E-state index in [2.05, 4.69) is 10.1 Å². The van der Waals surface area contributed by atoms with Gasteiger partial charge in [-0.15, -0.1) is 0 Å². The number of morpholine rings is 1. The van der Waals surface area contributed by atoms with Crippen LogP contribution in [0.5, 0.6) is 0 Å². The van der Waals surface area contributed by atoms with Crippen molar-refractivity contribution >= 4 is 17.5 Å². The van der Waals surface area contributed by atoms with Gasteiger partial charge in [-0.25, -0.2) is 9.50 Å². The first kappa shape index (κ1) is 16.4. The highest BCUT2D eigenvalue weighted by molar-refractivity contribution is 5.93. The minimum Gasteiger partial charge on any atom is -0.365 e. The summed E-state index contributed by atoms with van der Waals surface area (Å²) in [4.78, 5) is 32.4. The number of carbonyl (C=O) groups is 2. The zero-order valence-corrected chi connectivity index (χ0v) is 14.3. The zero-order valence-electron chi connectivity index (χ0n) is 14.3. The Bertz CT molecular complexity index is 798. The lowest BCUT2D eigenvalue weighted by atomic mass is 10.2. The summed E-state index contributed by atoms with van der Waals surface area (Å²) in [5, 5.41) is 4.34. The first-order chi connectivity index (χ1) is 11.4. The Balaban J connectivity index is 1.84. The van der Waals surface area contributed by atoms with Crippen LogP contribution >= 0.6 is 0 Å². The van der Waals surface area contributed by atoms with E-state index in [9.17, 15) is 9.59 Å². The summed E-state index contributed by atoms with van der Waals surface area (Å²) >= 11 is 0. The van der Waals surface area contributed by atoms with Crippen molar-refractivity contribution in [1.82, 2.24) is 24.4 Å². The van der Waals surface area contributed by atoms with Crippen LogP contribution in [0.4, 0.5) is 0 Å². The van der Waals surface area contributed by atoms with E-state index in [1.807, 2.05) is 19.9 Å². The molecule has 1 atom stereocenters. The van der Waals surface area contributed by atoms with Gasteiger partial charge in [0.25, 0.3) is 11.8 Å². The normalized spacial score (nSPS) is 18.0. The van der Waals surface area contributed by atoms with Crippen molar-refractivity contribution in [1.29, 1.82) is 0 Å². The molecule has 0 aromatic carbocycles. The highest BCUT2D eigenvalue weighted by Gasteiger charge is 2.31. The molecule has 8 heteroatoms. The molecule has 0 saturated carbocycles. The number of ether oxygens (including phenoxy) is 1. The van der Waals surface area contributed by atoms with E-state index in [0.717, 1.165) is 11.4 Å². The molecule has 1 fully saturated rings. The molecule has 1 saturated heterocycles. The molecule has 2 aromatic rings. The van der Waals surface area contributed by atoms with E-state index >= 15 is 0 Å². The van der Waals surface area contributed by atoms with Crippen LogP contribution in [0, 0.1) is 13.8 Å². The van der Waals surface area contributed by atoms with Crippen LogP contribution in [0.25, 0.3) is 5.65 Å². The molecule has 24 heavy (non-hydrogen) atoms. The average molecular weight is 331 g/mol. The quantitative estimate of drug-likeness (QED) is 0.789. The molecule has 0 radical (unpaired) electrons. The van der Waals surface area contributed by atoms with Crippen LogP contribution in [0.15, 0.2) is 12.1 Å². The lowest BCUT2D eigenvalue weighted by Gasteiger charge is -2.33. The Hall–Kier alpha value is -2.48. The Morgan fingerprint density at radius 1 is 1.29 bits per heavy atom. The molecule has 2 aromatic heterocycles. The Morgan fingerprint density at radius 3 is 2.75 bits per heavy atom. The van der Waals surface area contributed by atoms with E-state index in [1.165, 1.54) is 4.90 Å². The summed E-state index contributed by atoms with van der Waals surface area (Å²) in [5.41, 5.74) is 2.69. The largest absolute Gasteiger partial charge is 0.365 e. The summed E-state index contributed by atoms with van der Waals surface area (Å²) in [6, 6.07) is 3.56. The Morgan fingerprint density at radius 2 is 2.04 bits per heavy atom. The number of amides is 2. The van der Waals surface area contributed by atoms with Crippen LogP contribution in [0.3, 0.4) is 0 Å². The van der Waals surface area contributed by atoms with Gasteiger partial charge in [-0.3, -0.25) is 9.59 Å². The van der Waals surface area contributed by atoms with E-state index in [0.29, 0.717) is 24.5 Å². The number of fused-ring (bicyclic) bond motifs is 1. The number of likely N-dealkylation sites (N-methyl/N-ethyl adjacent to an activating group) is 1. The molecule has 3 heterocycles. The van der Waals surface area contributed by atoms with Crippen LogP contribution in [-0.4, -0.2) is 76.1 Å². The van der Waals surface area contributed by atoms with Crippen LogP contribution < -0.4 is 0 Å². The topological polar surface area (TPSA) is 80.0 Å². The monoisotopic (exact) mass is 331 g/mol. The first-order valence-corrected chi connectivity index (χ1v) is 7.83. The number of carbonyl (C=O) groups excluding carboxylic acids is 2. The van der Waals surface area contributed by atoms with Gasteiger partial charge in [0.05, 0.1) is 18.8 Å². The maximum absolute atomic E-state index is 12.8. The van der Waals surface area contributed by atoms with Gasteiger partial charge < -0.3 is 14.5 Å². The van der Waals surface area contributed by atoms with Crippen molar-refractivity contribution in [2.75, 3.05) is 33.8 Å². The third kappa shape index (κ3) is 2.96. The lowest BCUT2D eigenvalue weighted by Crippen LogP contribution is -2.51. The van der Waals surface area contributed by atoms with Crippen molar-refractivity contribution in [3.05, 3.63) is 29.2 Å². The molecule has 0 N–H and O–H groups in total. The number of hydrogen-bond acceptors (Lipinski definition) is 5. The number of aromatic nitrogens is 3. The minimum atomic E-state index is -0.625. The van der Waals surface area contributed by atoms with Gasteiger partial charge in [0.15, 0.2) is 11.8 Å².